The number of urea groups is 1. The fourth-order valence-corrected chi connectivity index (χ4v) is 4.24. The van der Waals surface area contributed by atoms with Crippen LogP contribution in [0.2, 0.25) is 0 Å². The maximum Gasteiger partial charge on any atom is 0.416 e. The minimum absolute atomic E-state index is 0.00535. The molecule has 0 aliphatic carbocycles. The number of nitrogens with one attached hydrogen (secondary N) is 1. The van der Waals surface area contributed by atoms with Gasteiger partial charge in [0.05, 0.1) is 12.1 Å². The molecular formula is C27H27F3N4O3. The average molecular weight is 513 g/mol. The maximum absolute atomic E-state index is 13.6. The molecule has 0 aromatic heterocycles. The molecule has 1 fully saturated rings. The Hall–Kier alpha value is -3.89. The van der Waals surface area contributed by atoms with E-state index in [1.807, 2.05) is 30.3 Å². The first-order chi connectivity index (χ1) is 17.7. The molecule has 10 heteroatoms. The molecule has 4 rings (SSSR count). The Morgan fingerprint density at radius 2 is 1.54 bits per heavy atom. The molecule has 0 unspecified atom stereocenters. The van der Waals surface area contributed by atoms with Crippen molar-refractivity contribution >= 4 is 17.6 Å². The summed E-state index contributed by atoms with van der Waals surface area (Å²) in [5.41, 5.74) is 2.83. The predicted molar refractivity (Wildman–Crippen MR) is 132 cm³/mol. The van der Waals surface area contributed by atoms with Crippen LogP contribution in [0.25, 0.3) is 0 Å². The molecule has 1 aliphatic heterocycles. The van der Waals surface area contributed by atoms with Gasteiger partial charge in [0.2, 0.25) is 0 Å². The Morgan fingerprint density at radius 1 is 0.865 bits per heavy atom. The van der Waals surface area contributed by atoms with Crippen molar-refractivity contribution in [3.63, 3.8) is 0 Å². The number of alkyl halides is 3. The molecule has 0 spiro atoms. The van der Waals surface area contributed by atoms with Crippen molar-refractivity contribution in [2.75, 3.05) is 31.1 Å². The number of amides is 3. The van der Waals surface area contributed by atoms with Crippen molar-refractivity contribution in [2.24, 2.45) is 0 Å². The van der Waals surface area contributed by atoms with Gasteiger partial charge in [0, 0.05) is 44.0 Å². The molecule has 3 aromatic carbocycles. The van der Waals surface area contributed by atoms with E-state index < -0.39 is 23.7 Å². The smallest absolute Gasteiger partial charge is 0.322 e. The van der Waals surface area contributed by atoms with Crippen LogP contribution in [0.4, 0.5) is 23.7 Å². The maximum atomic E-state index is 13.6. The second-order valence-corrected chi connectivity index (χ2v) is 8.80. The minimum Gasteiger partial charge on any atom is -0.322 e. The second kappa shape index (κ2) is 11.4. The topological polar surface area (TPSA) is 76.1 Å². The van der Waals surface area contributed by atoms with E-state index >= 15 is 0 Å². The molecular weight excluding hydrogens is 485 g/mol. The van der Waals surface area contributed by atoms with Gasteiger partial charge in [0.1, 0.15) is 0 Å². The van der Waals surface area contributed by atoms with E-state index in [1.165, 1.54) is 34.7 Å². The molecule has 2 N–H and O–H groups in total. The SMILES string of the molecule is O=C(NO)c1ccc(CN(C(=O)N2CCN(Cc3ccccc3)CC2)c2cccc(C(F)(F)F)c2)cc1. The highest BCUT2D eigenvalue weighted by molar-refractivity contribution is 5.94. The number of hydrogen-bond donors (Lipinski definition) is 2. The summed E-state index contributed by atoms with van der Waals surface area (Å²) in [4.78, 5) is 30.4. The van der Waals surface area contributed by atoms with E-state index in [-0.39, 0.29) is 17.8 Å². The third kappa shape index (κ3) is 6.66. The number of carbonyl (C=O) groups excluding carboxylic acids is 2. The first-order valence-corrected chi connectivity index (χ1v) is 11.8. The van der Waals surface area contributed by atoms with Crippen LogP contribution < -0.4 is 10.4 Å². The van der Waals surface area contributed by atoms with E-state index in [1.54, 1.807) is 22.5 Å². The van der Waals surface area contributed by atoms with E-state index in [0.29, 0.717) is 31.7 Å². The van der Waals surface area contributed by atoms with E-state index in [9.17, 15) is 22.8 Å². The molecule has 3 amide bonds. The highest BCUT2D eigenvalue weighted by Gasteiger charge is 2.32. The Labute approximate surface area is 212 Å². The summed E-state index contributed by atoms with van der Waals surface area (Å²) < 4.78 is 40.2. The zero-order valence-electron chi connectivity index (χ0n) is 20.0. The predicted octanol–water partition coefficient (Wildman–Crippen LogP) is 4.77. The number of benzene rings is 3. The van der Waals surface area contributed by atoms with Crippen LogP contribution in [0.1, 0.15) is 27.0 Å². The van der Waals surface area contributed by atoms with Crippen LogP contribution in [0.3, 0.4) is 0 Å². The number of rotatable bonds is 6. The van der Waals surface area contributed by atoms with Crippen LogP contribution in [0, 0.1) is 0 Å². The standard InChI is InChI=1S/C27H27F3N4O3/c28-27(29,30)23-7-4-8-24(17-23)34(19-21-9-11-22(12-10-21)25(35)31-37)26(36)33-15-13-32(14-16-33)18-20-5-2-1-3-6-20/h1-12,17,37H,13-16,18-19H2,(H,31,35). The molecule has 1 aliphatic rings. The monoisotopic (exact) mass is 512 g/mol. The average Bonchev–Trinajstić information content (AvgIpc) is 2.92. The number of carbonyl (C=O) groups is 2. The number of hydroxylamine groups is 1. The van der Waals surface area contributed by atoms with E-state index in [4.69, 9.17) is 5.21 Å². The quantitative estimate of drug-likeness (QED) is 0.369. The number of anilines is 1. The van der Waals surface area contributed by atoms with Gasteiger partial charge in [-0.15, -0.1) is 0 Å². The first kappa shape index (κ1) is 26.2. The lowest BCUT2D eigenvalue weighted by molar-refractivity contribution is -0.137. The van der Waals surface area contributed by atoms with Gasteiger partial charge in [-0.25, -0.2) is 10.3 Å². The van der Waals surface area contributed by atoms with Crippen LogP contribution >= 0.6 is 0 Å². The third-order valence-corrected chi connectivity index (χ3v) is 6.27. The summed E-state index contributed by atoms with van der Waals surface area (Å²) in [5, 5.41) is 8.81. The Balaban J connectivity index is 1.53. The van der Waals surface area contributed by atoms with Gasteiger partial charge in [-0.1, -0.05) is 48.5 Å². The third-order valence-electron chi connectivity index (χ3n) is 6.27. The Bertz CT molecular complexity index is 1210. The lowest BCUT2D eigenvalue weighted by Crippen LogP contribution is -2.52. The normalized spacial score (nSPS) is 14.3. The Kier molecular flexibility index (Phi) is 8.10. The van der Waals surface area contributed by atoms with Gasteiger partial charge in [-0.2, -0.15) is 13.2 Å². The molecule has 37 heavy (non-hydrogen) atoms. The number of halogens is 3. The van der Waals surface area contributed by atoms with Gasteiger partial charge in [0.15, 0.2) is 0 Å². The fraction of sp³-hybridized carbons (Fsp3) is 0.259. The van der Waals surface area contributed by atoms with Gasteiger partial charge < -0.3 is 4.90 Å². The highest BCUT2D eigenvalue weighted by atomic mass is 19.4. The molecule has 0 saturated carbocycles. The molecule has 194 valence electrons. The summed E-state index contributed by atoms with van der Waals surface area (Å²) >= 11 is 0. The summed E-state index contributed by atoms with van der Waals surface area (Å²) in [6, 6.07) is 20.4. The van der Waals surface area contributed by atoms with Gasteiger partial charge >= 0.3 is 12.2 Å². The highest BCUT2D eigenvalue weighted by Crippen LogP contribution is 2.32. The van der Waals surface area contributed by atoms with Gasteiger partial charge in [-0.05, 0) is 41.5 Å². The molecule has 0 atom stereocenters. The van der Waals surface area contributed by atoms with Crippen LogP contribution in [-0.4, -0.2) is 53.1 Å². The van der Waals surface area contributed by atoms with Crippen molar-refractivity contribution in [1.82, 2.24) is 15.3 Å². The molecule has 3 aromatic rings. The molecule has 1 heterocycles. The van der Waals surface area contributed by atoms with Crippen LogP contribution in [0.5, 0.6) is 0 Å². The van der Waals surface area contributed by atoms with Crippen LogP contribution in [-0.2, 0) is 19.3 Å². The van der Waals surface area contributed by atoms with Crippen molar-refractivity contribution in [2.45, 2.75) is 19.3 Å². The number of hydrogen-bond acceptors (Lipinski definition) is 4. The fourth-order valence-electron chi connectivity index (χ4n) is 4.24. The molecule has 7 nitrogen and oxygen atoms in total. The minimum atomic E-state index is -4.55. The molecule has 0 bridgehead atoms. The van der Waals surface area contributed by atoms with E-state index in [0.717, 1.165) is 18.7 Å². The largest absolute Gasteiger partial charge is 0.416 e. The number of piperazine rings is 1. The Morgan fingerprint density at radius 3 is 2.16 bits per heavy atom. The lowest BCUT2D eigenvalue weighted by Gasteiger charge is -2.37. The lowest BCUT2D eigenvalue weighted by atomic mass is 10.1. The van der Waals surface area contributed by atoms with Crippen molar-refractivity contribution in [1.29, 1.82) is 0 Å². The van der Waals surface area contributed by atoms with E-state index in [2.05, 4.69) is 4.90 Å². The van der Waals surface area contributed by atoms with Crippen molar-refractivity contribution < 1.29 is 28.0 Å². The summed E-state index contributed by atoms with van der Waals surface area (Å²) in [6.07, 6.45) is -4.55. The molecule has 0 radical (unpaired) electrons. The van der Waals surface area contributed by atoms with Crippen LogP contribution in [0.15, 0.2) is 78.9 Å². The zero-order valence-corrected chi connectivity index (χ0v) is 20.0. The summed E-state index contributed by atoms with van der Waals surface area (Å²) in [6.45, 7) is 2.93. The summed E-state index contributed by atoms with van der Waals surface area (Å²) in [7, 11) is 0. The van der Waals surface area contributed by atoms with Gasteiger partial charge in [0.25, 0.3) is 5.91 Å². The first-order valence-electron chi connectivity index (χ1n) is 11.8. The number of nitrogens with zero attached hydrogens (tertiary/aromatic N) is 3. The zero-order chi connectivity index (χ0) is 26.4. The molecule has 1 saturated heterocycles. The van der Waals surface area contributed by atoms with Crippen molar-refractivity contribution in [3.05, 3.63) is 101 Å². The second-order valence-electron chi connectivity index (χ2n) is 8.80. The van der Waals surface area contributed by atoms with Gasteiger partial charge in [-0.3, -0.25) is 19.8 Å². The summed E-state index contributed by atoms with van der Waals surface area (Å²) in [5.74, 6) is -0.689. The van der Waals surface area contributed by atoms with Crippen molar-refractivity contribution in [3.8, 4) is 0 Å².